The number of carboxylic acid groups (broad SMARTS) is 1. The highest BCUT2D eigenvalue weighted by molar-refractivity contribution is 9.09. The summed E-state index contributed by atoms with van der Waals surface area (Å²) >= 11 is 3.52. The molecule has 74 valence electrons. The molecule has 3 atom stereocenters. The Hall–Kier alpha value is -0.0500. The molecule has 3 aliphatic carbocycles. The van der Waals surface area contributed by atoms with Crippen molar-refractivity contribution in [3.8, 4) is 0 Å². The van der Waals surface area contributed by atoms with Crippen LogP contribution in [-0.4, -0.2) is 10.8 Å². The van der Waals surface area contributed by atoms with Gasteiger partial charge in [-0.3, -0.25) is 0 Å². The van der Waals surface area contributed by atoms with Gasteiger partial charge in [0, 0.05) is 16.2 Å². The minimum absolute atomic E-state index is 0.0903. The highest BCUT2D eigenvalue weighted by Crippen LogP contribution is 2.79. The lowest BCUT2D eigenvalue weighted by molar-refractivity contribution is -0.334. The van der Waals surface area contributed by atoms with Crippen molar-refractivity contribution < 1.29 is 9.90 Å². The lowest BCUT2D eigenvalue weighted by Crippen LogP contribution is -2.69. The van der Waals surface area contributed by atoms with E-state index < -0.39 is 11.4 Å². The predicted octanol–water partition coefficient (Wildman–Crippen LogP) is 1.33. The van der Waals surface area contributed by atoms with Crippen molar-refractivity contribution in [2.24, 2.45) is 16.2 Å². The summed E-state index contributed by atoms with van der Waals surface area (Å²) in [6.45, 7) is 6.27. The first-order valence-electron chi connectivity index (χ1n) is 4.66. The molecular formula is C10H14BrO2-. The second-order valence-electron chi connectivity index (χ2n) is 5.16. The monoisotopic (exact) mass is 245 g/mol. The SMILES string of the molecule is CC1(C)[C@]2(C)CC[C@@]1(C(=O)[O-])[C@H]2Br. The molecule has 0 aromatic heterocycles. The fourth-order valence-electron chi connectivity index (χ4n) is 3.41. The average molecular weight is 246 g/mol. The van der Waals surface area contributed by atoms with E-state index in [1.807, 2.05) is 13.8 Å². The standard InChI is InChI=1S/C10H15BrO2/c1-8(2)9(3)4-5-10(8,6(9)11)7(12)13/h6H,4-5H2,1-3H3,(H,12,13)/p-1/t6-,9+,10-/m0/s1. The maximum absolute atomic E-state index is 11.2. The molecule has 3 heteroatoms. The number of aliphatic carboxylic acids is 1. The zero-order chi connectivity index (χ0) is 10.1. The number of alkyl halides is 1. The smallest absolute Gasteiger partial charge is 0.0493 e. The molecule has 0 aromatic rings. The van der Waals surface area contributed by atoms with Crippen molar-refractivity contribution in [2.45, 2.75) is 38.4 Å². The van der Waals surface area contributed by atoms with Crippen LogP contribution in [0.3, 0.4) is 0 Å². The number of hydrogen-bond acceptors (Lipinski definition) is 2. The molecule has 0 radical (unpaired) electrons. The van der Waals surface area contributed by atoms with Crippen LogP contribution in [0.25, 0.3) is 0 Å². The number of halogens is 1. The fourth-order valence-corrected chi connectivity index (χ4v) is 5.19. The molecular weight excluding hydrogens is 232 g/mol. The lowest BCUT2D eigenvalue weighted by atomic mass is 9.44. The topological polar surface area (TPSA) is 40.1 Å². The number of rotatable bonds is 1. The normalized spacial score (nSPS) is 51.5. The summed E-state index contributed by atoms with van der Waals surface area (Å²) in [5.74, 6) is -0.880. The van der Waals surface area contributed by atoms with Gasteiger partial charge in [-0.05, 0) is 23.7 Å². The van der Waals surface area contributed by atoms with Gasteiger partial charge in [-0.15, -0.1) is 0 Å². The molecule has 3 rings (SSSR count). The first kappa shape index (κ1) is 9.50. The van der Waals surface area contributed by atoms with Crippen molar-refractivity contribution in [1.82, 2.24) is 0 Å². The molecule has 3 aliphatic rings. The van der Waals surface area contributed by atoms with Crippen LogP contribution in [0.15, 0.2) is 0 Å². The van der Waals surface area contributed by atoms with Crippen LogP contribution >= 0.6 is 15.9 Å². The Morgan fingerprint density at radius 2 is 1.92 bits per heavy atom. The van der Waals surface area contributed by atoms with E-state index in [0.717, 1.165) is 12.8 Å². The molecule has 0 aliphatic heterocycles. The Morgan fingerprint density at radius 3 is 2.08 bits per heavy atom. The van der Waals surface area contributed by atoms with Gasteiger partial charge in [-0.25, -0.2) is 0 Å². The second kappa shape index (κ2) is 2.13. The summed E-state index contributed by atoms with van der Waals surface area (Å²) in [4.78, 5) is 11.3. The van der Waals surface area contributed by atoms with E-state index in [4.69, 9.17) is 0 Å². The Labute approximate surface area is 86.8 Å². The molecule has 0 saturated heterocycles. The maximum Gasteiger partial charge on any atom is 0.0493 e. The predicted molar refractivity (Wildman–Crippen MR) is 51.3 cm³/mol. The van der Waals surface area contributed by atoms with Crippen LogP contribution in [-0.2, 0) is 4.79 Å². The van der Waals surface area contributed by atoms with E-state index >= 15 is 0 Å². The van der Waals surface area contributed by atoms with Gasteiger partial charge >= 0.3 is 0 Å². The Balaban J connectivity index is 2.50. The quantitative estimate of drug-likeness (QED) is 0.655. The zero-order valence-electron chi connectivity index (χ0n) is 8.19. The minimum atomic E-state index is -0.880. The van der Waals surface area contributed by atoms with Gasteiger partial charge in [-0.2, -0.15) is 0 Å². The van der Waals surface area contributed by atoms with Gasteiger partial charge in [0.15, 0.2) is 0 Å². The molecule has 0 N–H and O–H groups in total. The first-order valence-corrected chi connectivity index (χ1v) is 5.58. The molecule has 0 spiro atoms. The largest absolute Gasteiger partial charge is 0.549 e. The van der Waals surface area contributed by atoms with Gasteiger partial charge in [0.1, 0.15) is 0 Å². The first-order chi connectivity index (χ1) is 5.81. The molecule has 0 unspecified atom stereocenters. The van der Waals surface area contributed by atoms with Crippen LogP contribution in [0.1, 0.15) is 33.6 Å². The average Bonchev–Trinajstić information content (AvgIpc) is 2.39. The van der Waals surface area contributed by atoms with Crippen LogP contribution in [0.5, 0.6) is 0 Å². The minimum Gasteiger partial charge on any atom is -0.549 e. The molecule has 3 fully saturated rings. The molecule has 2 nitrogen and oxygen atoms in total. The summed E-state index contributed by atoms with van der Waals surface area (Å²) in [6, 6.07) is 0. The molecule has 0 amide bonds. The van der Waals surface area contributed by atoms with Crippen molar-refractivity contribution in [2.75, 3.05) is 0 Å². The Morgan fingerprint density at radius 1 is 1.38 bits per heavy atom. The highest BCUT2D eigenvalue weighted by atomic mass is 79.9. The van der Waals surface area contributed by atoms with Gasteiger partial charge in [-0.1, -0.05) is 36.7 Å². The van der Waals surface area contributed by atoms with Crippen LogP contribution < -0.4 is 5.11 Å². The number of carboxylic acids is 1. The van der Waals surface area contributed by atoms with Gasteiger partial charge in [0.2, 0.25) is 0 Å². The third-order valence-electron chi connectivity index (χ3n) is 4.94. The van der Waals surface area contributed by atoms with E-state index in [1.54, 1.807) is 0 Å². The molecule has 13 heavy (non-hydrogen) atoms. The van der Waals surface area contributed by atoms with E-state index in [0.29, 0.717) is 0 Å². The number of hydrogen-bond donors (Lipinski definition) is 0. The lowest BCUT2D eigenvalue weighted by Gasteiger charge is -2.65. The zero-order valence-corrected chi connectivity index (χ0v) is 9.77. The number of carbonyl (C=O) groups is 1. The fraction of sp³-hybridized carbons (Fsp3) is 0.900. The van der Waals surface area contributed by atoms with Crippen LogP contribution in [0.2, 0.25) is 0 Å². The molecule has 0 heterocycles. The summed E-state index contributed by atoms with van der Waals surface area (Å²) in [5.41, 5.74) is -0.623. The van der Waals surface area contributed by atoms with Crippen molar-refractivity contribution in [3.05, 3.63) is 0 Å². The van der Waals surface area contributed by atoms with Gasteiger partial charge in [0.25, 0.3) is 0 Å². The van der Waals surface area contributed by atoms with E-state index in [-0.39, 0.29) is 15.7 Å². The number of fused-ring (bicyclic) bond motifs is 1. The Kier molecular flexibility index (Phi) is 1.56. The summed E-state index contributed by atoms with van der Waals surface area (Å²) in [7, 11) is 0. The van der Waals surface area contributed by atoms with E-state index in [1.165, 1.54) is 0 Å². The third-order valence-corrected chi connectivity index (χ3v) is 6.73. The summed E-state index contributed by atoms with van der Waals surface area (Å²) in [6.07, 6.45) is 1.75. The van der Waals surface area contributed by atoms with E-state index in [2.05, 4.69) is 22.9 Å². The van der Waals surface area contributed by atoms with Crippen molar-refractivity contribution >= 4 is 21.9 Å². The molecule has 2 bridgehead atoms. The van der Waals surface area contributed by atoms with E-state index in [9.17, 15) is 9.90 Å². The molecule has 3 saturated carbocycles. The van der Waals surface area contributed by atoms with Crippen molar-refractivity contribution in [1.29, 1.82) is 0 Å². The Bertz CT molecular complexity index is 287. The highest BCUT2D eigenvalue weighted by Gasteiger charge is 2.77. The van der Waals surface area contributed by atoms with Crippen LogP contribution in [0, 0.1) is 16.2 Å². The van der Waals surface area contributed by atoms with Gasteiger partial charge < -0.3 is 9.90 Å². The summed E-state index contributed by atoms with van der Waals surface area (Å²) in [5, 5.41) is 11.2. The number of carbonyl (C=O) groups excluding carboxylic acids is 1. The van der Waals surface area contributed by atoms with Crippen LogP contribution in [0.4, 0.5) is 0 Å². The second-order valence-corrected chi connectivity index (χ2v) is 6.08. The molecule has 0 aromatic carbocycles. The maximum atomic E-state index is 11.2. The van der Waals surface area contributed by atoms with Gasteiger partial charge in [0.05, 0.1) is 0 Å². The third kappa shape index (κ3) is 0.641. The summed E-state index contributed by atoms with van der Waals surface area (Å²) < 4.78 is 0. The van der Waals surface area contributed by atoms with Crippen molar-refractivity contribution in [3.63, 3.8) is 0 Å².